The first kappa shape index (κ1) is 16.7. The molecule has 0 aliphatic carbocycles. The molecule has 0 atom stereocenters. The van der Waals surface area contributed by atoms with Crippen LogP contribution < -0.4 is 9.47 Å². The lowest BCUT2D eigenvalue weighted by molar-refractivity contribution is -0.144. The van der Waals surface area contributed by atoms with Crippen molar-refractivity contribution >= 4 is 5.97 Å². The number of carbonyl (C=O) groups is 1. The summed E-state index contributed by atoms with van der Waals surface area (Å²) in [5, 5.41) is 12.0. The van der Waals surface area contributed by atoms with Crippen molar-refractivity contribution in [2.24, 2.45) is 0 Å². The summed E-state index contributed by atoms with van der Waals surface area (Å²) in [6.45, 7) is 6.86. The van der Waals surface area contributed by atoms with Crippen LogP contribution in [-0.2, 0) is 16.1 Å². The Balaban J connectivity index is 2.19. The fourth-order valence-electron chi connectivity index (χ4n) is 1.94. The topological polar surface area (TPSA) is 88.4 Å². The average Bonchev–Trinajstić information content (AvgIpc) is 2.98. The van der Waals surface area contributed by atoms with Crippen LogP contribution in [-0.4, -0.2) is 46.0 Å². The predicted molar refractivity (Wildman–Crippen MR) is 82.2 cm³/mol. The molecule has 2 aromatic rings. The second-order valence-electron chi connectivity index (χ2n) is 4.48. The number of esters is 1. The first-order valence-electron chi connectivity index (χ1n) is 7.51. The molecule has 2 rings (SSSR count). The number of benzene rings is 1. The quantitative estimate of drug-likeness (QED) is 0.684. The highest BCUT2D eigenvalue weighted by atomic mass is 16.5. The van der Waals surface area contributed by atoms with Gasteiger partial charge in [-0.3, -0.25) is 0 Å². The van der Waals surface area contributed by atoms with Gasteiger partial charge in [0.15, 0.2) is 18.0 Å². The number of hydrogen-bond acceptors (Lipinski definition) is 7. The van der Waals surface area contributed by atoms with Crippen LogP contribution in [0.15, 0.2) is 18.2 Å². The van der Waals surface area contributed by atoms with E-state index >= 15 is 0 Å². The van der Waals surface area contributed by atoms with E-state index < -0.39 is 5.97 Å². The van der Waals surface area contributed by atoms with E-state index in [1.54, 1.807) is 19.1 Å². The summed E-state index contributed by atoms with van der Waals surface area (Å²) in [6, 6.07) is 5.41. The third-order valence-electron chi connectivity index (χ3n) is 2.83. The summed E-state index contributed by atoms with van der Waals surface area (Å²) < 4.78 is 15.9. The van der Waals surface area contributed by atoms with Gasteiger partial charge < -0.3 is 14.2 Å². The maximum Gasteiger partial charge on any atom is 0.329 e. The van der Waals surface area contributed by atoms with E-state index in [1.807, 2.05) is 19.9 Å². The van der Waals surface area contributed by atoms with Crippen molar-refractivity contribution < 1.29 is 19.0 Å². The smallest absolute Gasteiger partial charge is 0.329 e. The SMILES string of the molecule is CCOC(=O)Cn1nnc(-c2ccc(OCC)c(OCC)c2)n1. The molecule has 124 valence electrons. The molecule has 0 aliphatic rings. The molecule has 0 fully saturated rings. The number of carbonyl (C=O) groups excluding carboxylic acids is 1. The minimum atomic E-state index is -0.404. The molecule has 0 amide bonds. The molecule has 0 saturated heterocycles. The van der Waals surface area contributed by atoms with Crippen molar-refractivity contribution in [3.8, 4) is 22.9 Å². The Bertz CT molecular complexity index is 657. The van der Waals surface area contributed by atoms with Crippen LogP contribution in [0.25, 0.3) is 11.4 Å². The zero-order valence-electron chi connectivity index (χ0n) is 13.5. The summed E-state index contributed by atoms with van der Waals surface area (Å²) in [7, 11) is 0. The normalized spacial score (nSPS) is 10.4. The highest BCUT2D eigenvalue weighted by Crippen LogP contribution is 2.31. The van der Waals surface area contributed by atoms with Crippen LogP contribution in [0.4, 0.5) is 0 Å². The first-order valence-corrected chi connectivity index (χ1v) is 7.51. The number of rotatable bonds is 8. The van der Waals surface area contributed by atoms with E-state index in [1.165, 1.54) is 4.80 Å². The van der Waals surface area contributed by atoms with Gasteiger partial charge in [0.2, 0.25) is 5.82 Å². The van der Waals surface area contributed by atoms with Crippen LogP contribution in [0.3, 0.4) is 0 Å². The Morgan fingerprint density at radius 1 is 1.09 bits per heavy atom. The zero-order valence-corrected chi connectivity index (χ0v) is 13.5. The van der Waals surface area contributed by atoms with Crippen LogP contribution in [0, 0.1) is 0 Å². The Morgan fingerprint density at radius 2 is 1.83 bits per heavy atom. The monoisotopic (exact) mass is 320 g/mol. The van der Waals surface area contributed by atoms with E-state index in [0.29, 0.717) is 37.1 Å². The van der Waals surface area contributed by atoms with Gasteiger partial charge in [0.1, 0.15) is 0 Å². The van der Waals surface area contributed by atoms with Crippen molar-refractivity contribution in [2.45, 2.75) is 27.3 Å². The molecule has 1 heterocycles. The number of nitrogens with zero attached hydrogens (tertiary/aromatic N) is 4. The first-order chi connectivity index (χ1) is 11.2. The van der Waals surface area contributed by atoms with Gasteiger partial charge in [-0.1, -0.05) is 0 Å². The molecule has 0 spiro atoms. The van der Waals surface area contributed by atoms with Gasteiger partial charge >= 0.3 is 5.97 Å². The molecule has 0 N–H and O–H groups in total. The summed E-state index contributed by atoms with van der Waals surface area (Å²) in [5.74, 6) is 1.28. The molecule has 0 saturated carbocycles. The lowest BCUT2D eigenvalue weighted by Crippen LogP contribution is -2.15. The van der Waals surface area contributed by atoms with E-state index in [4.69, 9.17) is 14.2 Å². The molecule has 23 heavy (non-hydrogen) atoms. The van der Waals surface area contributed by atoms with Gasteiger partial charge in [-0.15, -0.1) is 10.2 Å². The molecule has 8 nitrogen and oxygen atoms in total. The Kier molecular flexibility index (Phi) is 5.90. The fraction of sp³-hybridized carbons (Fsp3) is 0.467. The van der Waals surface area contributed by atoms with E-state index in [2.05, 4.69) is 15.4 Å². The van der Waals surface area contributed by atoms with E-state index in [-0.39, 0.29) is 6.54 Å². The van der Waals surface area contributed by atoms with Crippen molar-refractivity contribution in [2.75, 3.05) is 19.8 Å². The van der Waals surface area contributed by atoms with Crippen molar-refractivity contribution in [3.05, 3.63) is 18.2 Å². The standard InChI is InChI=1S/C15H20N4O4/c1-4-21-12-8-7-11(9-13(12)22-5-2)15-16-18-19(17-15)10-14(20)23-6-3/h7-9H,4-6,10H2,1-3H3. The summed E-state index contributed by atoms with van der Waals surface area (Å²) in [5.41, 5.74) is 0.729. The summed E-state index contributed by atoms with van der Waals surface area (Å²) >= 11 is 0. The van der Waals surface area contributed by atoms with Crippen LogP contribution >= 0.6 is 0 Å². The van der Waals surface area contributed by atoms with Gasteiger partial charge in [-0.2, -0.15) is 4.80 Å². The zero-order chi connectivity index (χ0) is 16.7. The summed E-state index contributed by atoms with van der Waals surface area (Å²) in [4.78, 5) is 12.6. The second kappa shape index (κ2) is 8.11. The second-order valence-corrected chi connectivity index (χ2v) is 4.48. The fourth-order valence-corrected chi connectivity index (χ4v) is 1.94. The maximum atomic E-state index is 11.4. The third kappa shape index (κ3) is 4.41. The van der Waals surface area contributed by atoms with Gasteiger partial charge in [-0.25, -0.2) is 4.79 Å². The van der Waals surface area contributed by atoms with Crippen molar-refractivity contribution in [1.82, 2.24) is 20.2 Å². The molecular formula is C15H20N4O4. The summed E-state index contributed by atoms with van der Waals surface area (Å²) in [6.07, 6.45) is 0. The number of aromatic nitrogens is 4. The lowest BCUT2D eigenvalue weighted by Gasteiger charge is -2.11. The predicted octanol–water partition coefficient (Wildman–Crippen LogP) is 1.70. The van der Waals surface area contributed by atoms with Gasteiger partial charge in [0, 0.05) is 5.56 Å². The Morgan fingerprint density at radius 3 is 2.52 bits per heavy atom. The molecule has 1 aromatic heterocycles. The molecule has 1 aromatic carbocycles. The third-order valence-corrected chi connectivity index (χ3v) is 2.83. The average molecular weight is 320 g/mol. The van der Waals surface area contributed by atoms with Gasteiger partial charge in [0.25, 0.3) is 0 Å². The maximum absolute atomic E-state index is 11.4. The van der Waals surface area contributed by atoms with E-state index in [0.717, 1.165) is 5.56 Å². The highest BCUT2D eigenvalue weighted by molar-refractivity contribution is 5.69. The molecular weight excluding hydrogens is 300 g/mol. The molecule has 0 unspecified atom stereocenters. The molecule has 0 radical (unpaired) electrons. The van der Waals surface area contributed by atoms with Crippen LogP contribution in [0.2, 0.25) is 0 Å². The van der Waals surface area contributed by atoms with Gasteiger partial charge in [-0.05, 0) is 44.2 Å². The molecule has 0 aliphatic heterocycles. The Hall–Kier alpha value is -2.64. The van der Waals surface area contributed by atoms with E-state index in [9.17, 15) is 4.79 Å². The molecule has 8 heteroatoms. The highest BCUT2D eigenvalue weighted by Gasteiger charge is 2.13. The minimum absolute atomic E-state index is 0.0732. The number of hydrogen-bond donors (Lipinski definition) is 0. The van der Waals surface area contributed by atoms with Gasteiger partial charge in [0.05, 0.1) is 19.8 Å². The molecule has 0 bridgehead atoms. The van der Waals surface area contributed by atoms with Crippen molar-refractivity contribution in [1.29, 1.82) is 0 Å². The van der Waals surface area contributed by atoms with Crippen molar-refractivity contribution in [3.63, 3.8) is 0 Å². The van der Waals surface area contributed by atoms with Crippen LogP contribution in [0.1, 0.15) is 20.8 Å². The Labute approximate surface area is 134 Å². The van der Waals surface area contributed by atoms with Crippen LogP contribution in [0.5, 0.6) is 11.5 Å². The largest absolute Gasteiger partial charge is 0.490 e. The minimum Gasteiger partial charge on any atom is -0.490 e. The number of tetrazole rings is 1. The number of ether oxygens (including phenoxy) is 3. The lowest BCUT2D eigenvalue weighted by atomic mass is 10.2.